The first-order chi connectivity index (χ1) is 14.4. The van der Waals surface area contributed by atoms with Gasteiger partial charge in [0.25, 0.3) is 5.91 Å². The summed E-state index contributed by atoms with van der Waals surface area (Å²) in [6.45, 7) is 9.77. The van der Waals surface area contributed by atoms with Gasteiger partial charge >= 0.3 is 11.9 Å². The van der Waals surface area contributed by atoms with Gasteiger partial charge in [0.15, 0.2) is 0 Å². The number of ether oxygens (including phenoxy) is 2. The highest BCUT2D eigenvalue weighted by atomic mass is 16.6. The van der Waals surface area contributed by atoms with E-state index in [0.717, 1.165) is 11.1 Å². The van der Waals surface area contributed by atoms with E-state index >= 15 is 0 Å². The molecule has 0 fully saturated rings. The Morgan fingerprint density at radius 3 is 2.13 bits per heavy atom. The molecule has 2 aromatic rings. The van der Waals surface area contributed by atoms with Crippen LogP contribution in [0.1, 0.15) is 72.9 Å². The topological polar surface area (TPSA) is 81.7 Å². The molecule has 0 saturated heterocycles. The normalized spacial score (nSPS) is 11.5. The van der Waals surface area contributed by atoms with Crippen LogP contribution in [0.5, 0.6) is 0 Å². The Hall–Kier alpha value is -3.15. The minimum Gasteiger partial charge on any atom is -0.465 e. The van der Waals surface area contributed by atoms with E-state index in [9.17, 15) is 14.4 Å². The second-order valence-corrected chi connectivity index (χ2v) is 9.10. The summed E-state index contributed by atoms with van der Waals surface area (Å²) in [6, 6.07) is 14.1. The van der Waals surface area contributed by atoms with Gasteiger partial charge in [-0.2, -0.15) is 0 Å². The van der Waals surface area contributed by atoms with Gasteiger partial charge in [0.2, 0.25) is 0 Å². The van der Waals surface area contributed by atoms with Crippen LogP contribution in [0.4, 0.5) is 0 Å². The predicted octanol–water partition coefficient (Wildman–Crippen LogP) is 4.41. The minimum absolute atomic E-state index is 0.222. The zero-order valence-electron chi connectivity index (χ0n) is 19.1. The lowest BCUT2D eigenvalue weighted by molar-refractivity contribution is -0.156. The molecule has 31 heavy (non-hydrogen) atoms. The molecular weight excluding hydrogens is 394 g/mol. The molecule has 0 aromatic heterocycles. The molecule has 2 aromatic carbocycles. The van der Waals surface area contributed by atoms with Crippen molar-refractivity contribution in [3.8, 4) is 0 Å². The Morgan fingerprint density at radius 1 is 0.903 bits per heavy atom. The summed E-state index contributed by atoms with van der Waals surface area (Å²) >= 11 is 0. The molecule has 6 heteroatoms. The van der Waals surface area contributed by atoms with Crippen LogP contribution >= 0.6 is 0 Å². The summed E-state index contributed by atoms with van der Waals surface area (Å²) in [5.74, 6) is -0.897. The average Bonchev–Trinajstić information content (AvgIpc) is 2.69. The molecular formula is C25H31NO5. The number of benzene rings is 2. The van der Waals surface area contributed by atoms with Crippen molar-refractivity contribution >= 4 is 17.8 Å². The van der Waals surface area contributed by atoms with Crippen molar-refractivity contribution in [2.24, 2.45) is 0 Å². The number of carbonyl (C=O) groups excluding carboxylic acids is 3. The first-order valence-corrected chi connectivity index (χ1v) is 10.2. The van der Waals surface area contributed by atoms with Crippen LogP contribution in [0, 0.1) is 0 Å². The molecule has 0 bridgehead atoms. The smallest absolute Gasteiger partial charge is 0.337 e. The lowest BCUT2D eigenvalue weighted by Gasteiger charge is -2.27. The zero-order valence-corrected chi connectivity index (χ0v) is 19.1. The van der Waals surface area contributed by atoms with Crippen molar-refractivity contribution in [2.45, 2.75) is 58.6 Å². The van der Waals surface area contributed by atoms with E-state index in [2.05, 4.69) is 5.32 Å². The summed E-state index contributed by atoms with van der Waals surface area (Å²) in [6.07, 6.45) is 0.242. The van der Waals surface area contributed by atoms with E-state index in [4.69, 9.17) is 9.47 Å². The van der Waals surface area contributed by atoms with Crippen LogP contribution in [0.2, 0.25) is 0 Å². The number of esters is 2. The number of rotatable bonds is 7. The largest absolute Gasteiger partial charge is 0.465 e. The SMILES string of the molecule is COC(=O)c1cccc(CNC(=O)c2ccc(C(C)(C)CC(=O)OC(C)(C)C)cc2)c1. The van der Waals surface area contributed by atoms with Gasteiger partial charge in [-0.05, 0) is 56.2 Å². The summed E-state index contributed by atoms with van der Waals surface area (Å²) < 4.78 is 10.1. The van der Waals surface area contributed by atoms with Gasteiger partial charge in [0.1, 0.15) is 5.60 Å². The standard InChI is InChI=1S/C25H31NO5/c1-24(2,3)31-21(27)15-25(4,5)20-12-10-18(11-13-20)22(28)26-16-17-8-7-9-19(14-17)23(29)30-6/h7-14H,15-16H2,1-6H3,(H,26,28). The van der Waals surface area contributed by atoms with Crippen molar-refractivity contribution in [1.29, 1.82) is 0 Å². The molecule has 166 valence electrons. The van der Waals surface area contributed by atoms with E-state index in [-0.39, 0.29) is 24.8 Å². The van der Waals surface area contributed by atoms with Crippen LogP contribution in [0.3, 0.4) is 0 Å². The molecule has 6 nitrogen and oxygen atoms in total. The van der Waals surface area contributed by atoms with E-state index in [1.807, 2.05) is 52.8 Å². The summed E-state index contributed by atoms with van der Waals surface area (Å²) in [5.41, 5.74) is 1.75. The molecule has 0 unspecified atom stereocenters. The Kier molecular flexibility index (Phi) is 7.60. The Bertz CT molecular complexity index is 939. The molecule has 0 heterocycles. The van der Waals surface area contributed by atoms with Gasteiger partial charge in [0.05, 0.1) is 19.1 Å². The highest BCUT2D eigenvalue weighted by molar-refractivity contribution is 5.94. The van der Waals surface area contributed by atoms with Crippen LogP contribution in [-0.4, -0.2) is 30.6 Å². The fourth-order valence-electron chi connectivity index (χ4n) is 3.12. The minimum atomic E-state index is -0.522. The molecule has 1 amide bonds. The number of amides is 1. The van der Waals surface area contributed by atoms with Crippen molar-refractivity contribution in [3.63, 3.8) is 0 Å². The van der Waals surface area contributed by atoms with Gasteiger partial charge in [-0.3, -0.25) is 9.59 Å². The quantitative estimate of drug-likeness (QED) is 0.665. The van der Waals surface area contributed by atoms with Crippen LogP contribution < -0.4 is 5.32 Å². The molecule has 0 saturated carbocycles. The Balaban J connectivity index is 2.00. The van der Waals surface area contributed by atoms with E-state index in [1.54, 1.807) is 30.3 Å². The summed E-state index contributed by atoms with van der Waals surface area (Å²) in [5, 5.41) is 2.85. The molecule has 0 spiro atoms. The molecule has 0 aliphatic carbocycles. The number of hydrogen-bond acceptors (Lipinski definition) is 5. The number of nitrogens with one attached hydrogen (secondary N) is 1. The molecule has 2 rings (SSSR count). The lowest BCUT2D eigenvalue weighted by Crippen LogP contribution is -2.29. The number of carbonyl (C=O) groups is 3. The number of hydrogen-bond donors (Lipinski definition) is 1. The van der Waals surface area contributed by atoms with Crippen molar-refractivity contribution in [1.82, 2.24) is 5.32 Å². The fraction of sp³-hybridized carbons (Fsp3) is 0.400. The maximum atomic E-state index is 12.5. The zero-order chi connectivity index (χ0) is 23.2. The van der Waals surface area contributed by atoms with Crippen molar-refractivity contribution < 1.29 is 23.9 Å². The van der Waals surface area contributed by atoms with Crippen LogP contribution in [0.15, 0.2) is 48.5 Å². The third-order valence-corrected chi connectivity index (χ3v) is 4.74. The van der Waals surface area contributed by atoms with Gasteiger partial charge in [-0.1, -0.05) is 38.1 Å². The predicted molar refractivity (Wildman–Crippen MR) is 119 cm³/mol. The molecule has 0 atom stereocenters. The summed E-state index contributed by atoms with van der Waals surface area (Å²) in [7, 11) is 1.33. The lowest BCUT2D eigenvalue weighted by atomic mass is 9.81. The van der Waals surface area contributed by atoms with E-state index in [1.165, 1.54) is 7.11 Å². The van der Waals surface area contributed by atoms with Crippen molar-refractivity contribution in [3.05, 3.63) is 70.8 Å². The maximum Gasteiger partial charge on any atom is 0.337 e. The summed E-state index contributed by atoms with van der Waals surface area (Å²) in [4.78, 5) is 36.4. The fourth-order valence-corrected chi connectivity index (χ4v) is 3.12. The Labute approximate surface area is 183 Å². The van der Waals surface area contributed by atoms with Gasteiger partial charge in [0, 0.05) is 17.5 Å². The highest BCUT2D eigenvalue weighted by Gasteiger charge is 2.27. The van der Waals surface area contributed by atoms with E-state index in [0.29, 0.717) is 11.1 Å². The second kappa shape index (κ2) is 9.77. The number of methoxy groups -OCH3 is 1. The molecule has 1 N–H and O–H groups in total. The third-order valence-electron chi connectivity index (χ3n) is 4.74. The van der Waals surface area contributed by atoms with Crippen molar-refractivity contribution in [2.75, 3.05) is 7.11 Å². The van der Waals surface area contributed by atoms with Gasteiger partial charge in [-0.25, -0.2) is 4.79 Å². The maximum absolute atomic E-state index is 12.5. The van der Waals surface area contributed by atoms with E-state index < -0.39 is 17.0 Å². The second-order valence-electron chi connectivity index (χ2n) is 9.10. The molecule has 0 aliphatic heterocycles. The van der Waals surface area contributed by atoms with Crippen LogP contribution in [-0.2, 0) is 26.2 Å². The average molecular weight is 426 g/mol. The van der Waals surface area contributed by atoms with Crippen LogP contribution in [0.25, 0.3) is 0 Å². The van der Waals surface area contributed by atoms with Gasteiger partial charge < -0.3 is 14.8 Å². The highest BCUT2D eigenvalue weighted by Crippen LogP contribution is 2.28. The third kappa shape index (κ3) is 7.24. The monoisotopic (exact) mass is 425 g/mol. The van der Waals surface area contributed by atoms with Gasteiger partial charge in [-0.15, -0.1) is 0 Å². The Morgan fingerprint density at radius 2 is 1.55 bits per heavy atom. The molecule has 0 aliphatic rings. The molecule has 0 radical (unpaired) electrons. The first kappa shape index (κ1) is 24.1. The first-order valence-electron chi connectivity index (χ1n) is 10.2.